The molecule has 1 aliphatic rings. The van der Waals surface area contributed by atoms with Crippen molar-refractivity contribution >= 4 is 11.6 Å². The molecule has 1 saturated heterocycles. The molecular weight excluding hydrogens is 326 g/mol. The van der Waals surface area contributed by atoms with Gasteiger partial charge in [0, 0.05) is 24.0 Å². The first kappa shape index (κ1) is 15.4. The molecular formula is C17H18ClN5O. The van der Waals surface area contributed by atoms with Gasteiger partial charge in [0.05, 0.1) is 18.1 Å². The fraction of sp³-hybridized carbons (Fsp3) is 0.353. The highest BCUT2D eigenvalue weighted by atomic mass is 35.5. The molecule has 4 rings (SSSR count). The van der Waals surface area contributed by atoms with Crippen LogP contribution >= 0.6 is 11.6 Å². The molecule has 0 N–H and O–H groups in total. The first-order valence-electron chi connectivity index (χ1n) is 8.08. The first-order valence-corrected chi connectivity index (χ1v) is 8.46. The van der Waals surface area contributed by atoms with Crippen molar-refractivity contribution < 1.29 is 4.52 Å². The summed E-state index contributed by atoms with van der Waals surface area (Å²) in [6.07, 6.45) is 6.15. The zero-order valence-corrected chi connectivity index (χ0v) is 13.9. The van der Waals surface area contributed by atoms with Crippen molar-refractivity contribution in [1.82, 2.24) is 24.8 Å². The average Bonchev–Trinajstić information content (AvgIpc) is 3.32. The molecule has 6 nitrogen and oxygen atoms in total. The van der Waals surface area contributed by atoms with E-state index in [1.54, 1.807) is 0 Å². The summed E-state index contributed by atoms with van der Waals surface area (Å²) < 4.78 is 7.41. The monoisotopic (exact) mass is 343 g/mol. The third kappa shape index (κ3) is 3.20. The van der Waals surface area contributed by atoms with Gasteiger partial charge in [-0.3, -0.25) is 9.58 Å². The Balaban J connectivity index is 1.46. The van der Waals surface area contributed by atoms with E-state index in [1.807, 2.05) is 47.4 Å². The Morgan fingerprint density at radius 2 is 2.17 bits per heavy atom. The van der Waals surface area contributed by atoms with Gasteiger partial charge in [-0.2, -0.15) is 10.1 Å². The molecule has 2 aromatic heterocycles. The maximum atomic E-state index is 6.20. The second-order valence-corrected chi connectivity index (χ2v) is 6.39. The van der Waals surface area contributed by atoms with Crippen molar-refractivity contribution in [2.24, 2.45) is 0 Å². The number of hydrogen-bond acceptors (Lipinski definition) is 5. The minimum atomic E-state index is 0.445. The predicted molar refractivity (Wildman–Crippen MR) is 90.4 cm³/mol. The third-order valence-corrected chi connectivity index (χ3v) is 4.71. The molecule has 3 heterocycles. The molecule has 0 radical (unpaired) electrons. The summed E-state index contributed by atoms with van der Waals surface area (Å²) in [4.78, 5) is 6.89. The quantitative estimate of drug-likeness (QED) is 0.711. The molecule has 1 atom stereocenters. The van der Waals surface area contributed by atoms with E-state index < -0.39 is 0 Å². The lowest BCUT2D eigenvalue weighted by molar-refractivity contribution is 0.192. The molecule has 0 aliphatic carbocycles. The van der Waals surface area contributed by atoms with Gasteiger partial charge >= 0.3 is 0 Å². The smallest absolute Gasteiger partial charge is 0.241 e. The largest absolute Gasteiger partial charge is 0.338 e. The lowest BCUT2D eigenvalue weighted by Crippen LogP contribution is -2.32. The van der Waals surface area contributed by atoms with Gasteiger partial charge in [-0.05, 0) is 37.6 Å². The number of aromatic nitrogens is 4. The molecule has 0 amide bonds. The van der Waals surface area contributed by atoms with Crippen LogP contribution in [0.1, 0.15) is 18.7 Å². The van der Waals surface area contributed by atoms with E-state index in [4.69, 9.17) is 16.1 Å². The number of benzene rings is 1. The fourth-order valence-electron chi connectivity index (χ4n) is 3.18. The normalized spacial score (nSPS) is 18.3. The first-order chi connectivity index (χ1) is 11.8. The Kier molecular flexibility index (Phi) is 4.32. The van der Waals surface area contributed by atoms with Gasteiger partial charge in [-0.1, -0.05) is 28.9 Å². The summed E-state index contributed by atoms with van der Waals surface area (Å²) in [5.41, 5.74) is 0.795. The van der Waals surface area contributed by atoms with Crippen LogP contribution in [0.2, 0.25) is 5.02 Å². The summed E-state index contributed by atoms with van der Waals surface area (Å²) in [7, 11) is 0. The number of likely N-dealkylation sites (tertiary alicyclic amines) is 1. The van der Waals surface area contributed by atoms with Gasteiger partial charge in [0.2, 0.25) is 11.7 Å². The summed E-state index contributed by atoms with van der Waals surface area (Å²) >= 11 is 6.20. The molecule has 1 fully saturated rings. The topological polar surface area (TPSA) is 60.0 Å². The number of nitrogens with zero attached hydrogens (tertiary/aromatic N) is 5. The van der Waals surface area contributed by atoms with E-state index >= 15 is 0 Å². The number of rotatable bonds is 5. The van der Waals surface area contributed by atoms with Crippen LogP contribution in [0.5, 0.6) is 0 Å². The molecule has 7 heteroatoms. The van der Waals surface area contributed by atoms with Crippen molar-refractivity contribution in [2.45, 2.75) is 32.0 Å². The van der Waals surface area contributed by atoms with E-state index in [0.29, 0.717) is 29.3 Å². The zero-order chi connectivity index (χ0) is 16.4. The average molecular weight is 344 g/mol. The lowest BCUT2D eigenvalue weighted by Gasteiger charge is -2.22. The summed E-state index contributed by atoms with van der Waals surface area (Å²) in [5.74, 6) is 1.16. The Labute approximate surface area is 145 Å². The molecule has 0 spiro atoms. The Morgan fingerprint density at radius 1 is 1.25 bits per heavy atom. The lowest BCUT2D eigenvalue weighted by atomic mass is 10.2. The second-order valence-electron chi connectivity index (χ2n) is 5.99. The fourth-order valence-corrected chi connectivity index (χ4v) is 3.40. The van der Waals surface area contributed by atoms with Gasteiger partial charge in [0.25, 0.3) is 0 Å². The van der Waals surface area contributed by atoms with Crippen LogP contribution in [0.15, 0.2) is 47.2 Å². The number of hydrogen-bond donors (Lipinski definition) is 0. The summed E-state index contributed by atoms with van der Waals surface area (Å²) in [6, 6.07) is 9.92. The minimum absolute atomic E-state index is 0.445. The van der Waals surface area contributed by atoms with Gasteiger partial charge < -0.3 is 4.52 Å². The maximum Gasteiger partial charge on any atom is 0.241 e. The highest BCUT2D eigenvalue weighted by Crippen LogP contribution is 2.26. The van der Waals surface area contributed by atoms with Crippen LogP contribution in [0.4, 0.5) is 0 Å². The van der Waals surface area contributed by atoms with Crippen molar-refractivity contribution in [3.63, 3.8) is 0 Å². The highest BCUT2D eigenvalue weighted by Gasteiger charge is 2.26. The third-order valence-electron chi connectivity index (χ3n) is 4.38. The molecule has 1 aliphatic heterocycles. The van der Waals surface area contributed by atoms with Crippen molar-refractivity contribution in [3.05, 3.63) is 53.6 Å². The maximum absolute atomic E-state index is 6.20. The summed E-state index contributed by atoms with van der Waals surface area (Å²) in [5, 5.41) is 9.00. The van der Waals surface area contributed by atoms with Gasteiger partial charge in [0.15, 0.2) is 0 Å². The SMILES string of the molecule is Clc1ccccc1-c1noc(CN2CCC[C@H]2Cn2cccn2)n1. The molecule has 3 aromatic rings. The molecule has 0 unspecified atom stereocenters. The Bertz CT molecular complexity index is 801. The van der Waals surface area contributed by atoms with Crippen LogP contribution in [0.3, 0.4) is 0 Å². The standard InChI is InChI=1S/C17H18ClN5O/c18-15-7-2-1-6-14(15)17-20-16(24-21-17)12-22-9-3-5-13(22)11-23-10-4-8-19-23/h1-2,4,6-8,10,13H,3,5,9,11-12H2/t13-/m0/s1. The minimum Gasteiger partial charge on any atom is -0.338 e. The zero-order valence-electron chi connectivity index (χ0n) is 13.2. The predicted octanol–water partition coefficient (Wildman–Crippen LogP) is 3.25. The van der Waals surface area contributed by atoms with Gasteiger partial charge in [-0.15, -0.1) is 0 Å². The molecule has 124 valence electrons. The molecule has 1 aromatic carbocycles. The van der Waals surface area contributed by atoms with Crippen LogP contribution in [-0.4, -0.2) is 37.4 Å². The van der Waals surface area contributed by atoms with E-state index in [9.17, 15) is 0 Å². The number of halogens is 1. The highest BCUT2D eigenvalue weighted by molar-refractivity contribution is 6.33. The van der Waals surface area contributed by atoms with Crippen LogP contribution in [0, 0.1) is 0 Å². The molecule has 0 saturated carbocycles. The Morgan fingerprint density at radius 3 is 3.00 bits per heavy atom. The van der Waals surface area contributed by atoms with E-state index in [-0.39, 0.29) is 0 Å². The molecule has 24 heavy (non-hydrogen) atoms. The van der Waals surface area contributed by atoms with Crippen molar-refractivity contribution in [1.29, 1.82) is 0 Å². The van der Waals surface area contributed by atoms with E-state index in [0.717, 1.165) is 25.1 Å². The van der Waals surface area contributed by atoms with E-state index in [1.165, 1.54) is 6.42 Å². The molecule has 0 bridgehead atoms. The van der Waals surface area contributed by atoms with Crippen molar-refractivity contribution in [3.8, 4) is 11.4 Å². The second kappa shape index (κ2) is 6.75. The van der Waals surface area contributed by atoms with Crippen molar-refractivity contribution in [2.75, 3.05) is 6.54 Å². The van der Waals surface area contributed by atoms with Crippen LogP contribution < -0.4 is 0 Å². The summed E-state index contributed by atoms with van der Waals surface area (Å²) in [6.45, 7) is 2.58. The van der Waals surface area contributed by atoms with Crippen LogP contribution in [0.25, 0.3) is 11.4 Å². The van der Waals surface area contributed by atoms with Crippen LogP contribution in [-0.2, 0) is 13.1 Å². The van der Waals surface area contributed by atoms with E-state index in [2.05, 4.69) is 20.1 Å². The Hall–Kier alpha value is -2.18. The van der Waals surface area contributed by atoms with Gasteiger partial charge in [0.1, 0.15) is 0 Å². The van der Waals surface area contributed by atoms with Gasteiger partial charge in [-0.25, -0.2) is 0 Å².